The third-order valence-electron chi connectivity index (χ3n) is 2.15. The van der Waals surface area contributed by atoms with Crippen molar-refractivity contribution < 1.29 is 14.3 Å². The molecule has 1 aliphatic heterocycles. The molecule has 0 bridgehead atoms. The van der Waals surface area contributed by atoms with Gasteiger partial charge in [0.1, 0.15) is 0 Å². The lowest BCUT2D eigenvalue weighted by Gasteiger charge is -2.11. The molecular formula is C12H16ClNO3. The van der Waals surface area contributed by atoms with E-state index in [0.717, 1.165) is 32.1 Å². The van der Waals surface area contributed by atoms with Crippen LogP contribution in [0.4, 0.5) is 10.5 Å². The molecule has 1 aromatic rings. The highest BCUT2D eigenvalue weighted by Gasteiger charge is 2.04. The number of carbonyl (C=O) groups excluding carboxylic acids is 1. The summed E-state index contributed by atoms with van der Waals surface area (Å²) in [6, 6.07) is 9.23. The van der Waals surface area contributed by atoms with E-state index in [-0.39, 0.29) is 0 Å². The molecular weight excluding hydrogens is 242 g/mol. The number of hydrogen-bond acceptors (Lipinski definition) is 3. The first-order valence-corrected chi connectivity index (χ1v) is 5.73. The van der Waals surface area contributed by atoms with E-state index >= 15 is 0 Å². The van der Waals surface area contributed by atoms with Gasteiger partial charge in [0.2, 0.25) is 0 Å². The molecule has 17 heavy (non-hydrogen) atoms. The Morgan fingerprint density at radius 2 is 1.59 bits per heavy atom. The lowest BCUT2D eigenvalue weighted by Crippen LogP contribution is -2.19. The number of benzene rings is 1. The minimum atomic E-state index is -0.476. The van der Waals surface area contributed by atoms with Crippen molar-refractivity contribution in [3.63, 3.8) is 0 Å². The maximum absolute atomic E-state index is 10.6. The van der Waals surface area contributed by atoms with Crippen LogP contribution < -0.4 is 4.90 Å². The summed E-state index contributed by atoms with van der Waals surface area (Å²) in [6.45, 7) is 3.11. The highest BCUT2D eigenvalue weighted by atomic mass is 35.5. The van der Waals surface area contributed by atoms with Gasteiger partial charge in [-0.15, -0.1) is 0 Å². The molecule has 0 spiro atoms. The second-order valence-electron chi connectivity index (χ2n) is 3.37. The van der Waals surface area contributed by atoms with Gasteiger partial charge in [-0.2, -0.15) is 0 Å². The van der Waals surface area contributed by atoms with E-state index in [1.54, 1.807) is 7.05 Å². The van der Waals surface area contributed by atoms with Gasteiger partial charge in [0.15, 0.2) is 0 Å². The zero-order valence-corrected chi connectivity index (χ0v) is 10.5. The van der Waals surface area contributed by atoms with Crippen molar-refractivity contribution in [1.29, 1.82) is 0 Å². The first-order chi connectivity index (χ1) is 8.22. The highest BCUT2D eigenvalue weighted by Crippen LogP contribution is 2.12. The molecule has 5 heteroatoms. The molecule has 1 saturated heterocycles. The SMILES string of the molecule is C1COCCO1.CN(C(=O)Cl)c1ccccc1. The van der Waals surface area contributed by atoms with E-state index < -0.39 is 5.37 Å². The Morgan fingerprint density at radius 3 is 1.94 bits per heavy atom. The highest BCUT2D eigenvalue weighted by molar-refractivity contribution is 6.66. The van der Waals surface area contributed by atoms with Gasteiger partial charge in [0.25, 0.3) is 0 Å². The fourth-order valence-electron chi connectivity index (χ4n) is 1.19. The molecule has 0 radical (unpaired) electrons. The monoisotopic (exact) mass is 257 g/mol. The molecule has 1 amide bonds. The summed E-state index contributed by atoms with van der Waals surface area (Å²) in [4.78, 5) is 12.0. The summed E-state index contributed by atoms with van der Waals surface area (Å²) in [5.74, 6) is 0. The number of nitrogens with zero attached hydrogens (tertiary/aromatic N) is 1. The van der Waals surface area contributed by atoms with Gasteiger partial charge in [0.05, 0.1) is 26.4 Å². The summed E-state index contributed by atoms with van der Waals surface area (Å²) in [6.07, 6.45) is 0. The van der Waals surface area contributed by atoms with Gasteiger partial charge in [-0.1, -0.05) is 18.2 Å². The van der Waals surface area contributed by atoms with Crippen LogP contribution in [-0.4, -0.2) is 38.8 Å². The molecule has 0 saturated carbocycles. The lowest BCUT2D eigenvalue weighted by molar-refractivity contribution is -0.0334. The number of halogens is 1. The Balaban J connectivity index is 0.000000202. The zero-order chi connectivity index (χ0) is 12.5. The van der Waals surface area contributed by atoms with Crippen LogP contribution in [0.15, 0.2) is 30.3 Å². The number of ether oxygens (including phenoxy) is 2. The molecule has 1 heterocycles. The van der Waals surface area contributed by atoms with Crippen molar-refractivity contribution in [3.05, 3.63) is 30.3 Å². The second kappa shape index (κ2) is 8.06. The Kier molecular flexibility index (Phi) is 6.62. The molecule has 0 atom stereocenters. The number of amides is 1. The maximum atomic E-state index is 10.6. The number of hydrogen-bond donors (Lipinski definition) is 0. The fourth-order valence-corrected chi connectivity index (χ4v) is 1.29. The van der Waals surface area contributed by atoms with Gasteiger partial charge in [-0.05, 0) is 23.7 Å². The lowest BCUT2D eigenvalue weighted by atomic mass is 10.3. The number of carbonyl (C=O) groups is 1. The molecule has 1 aliphatic rings. The second-order valence-corrected chi connectivity index (χ2v) is 3.70. The van der Waals surface area contributed by atoms with Crippen LogP contribution in [0, 0.1) is 0 Å². The van der Waals surface area contributed by atoms with Crippen LogP contribution in [-0.2, 0) is 9.47 Å². The van der Waals surface area contributed by atoms with E-state index in [9.17, 15) is 4.79 Å². The quantitative estimate of drug-likeness (QED) is 0.573. The van der Waals surface area contributed by atoms with Crippen LogP contribution in [0.25, 0.3) is 0 Å². The van der Waals surface area contributed by atoms with E-state index in [1.165, 1.54) is 4.90 Å². The summed E-state index contributed by atoms with van der Waals surface area (Å²) in [5, 5.41) is -0.476. The average Bonchev–Trinajstić information content (AvgIpc) is 2.41. The summed E-state index contributed by atoms with van der Waals surface area (Å²) >= 11 is 5.25. The van der Waals surface area contributed by atoms with Gasteiger partial charge in [-0.25, -0.2) is 0 Å². The normalized spacial score (nSPS) is 14.5. The Hall–Kier alpha value is -1.10. The number of anilines is 1. The predicted octanol–water partition coefficient (Wildman–Crippen LogP) is 2.51. The molecule has 0 N–H and O–H groups in total. The van der Waals surface area contributed by atoms with Gasteiger partial charge in [-0.3, -0.25) is 4.79 Å². The van der Waals surface area contributed by atoms with Gasteiger partial charge in [0, 0.05) is 12.7 Å². The van der Waals surface area contributed by atoms with Crippen LogP contribution in [0.3, 0.4) is 0 Å². The molecule has 1 fully saturated rings. The topological polar surface area (TPSA) is 38.8 Å². The predicted molar refractivity (Wildman–Crippen MR) is 67.7 cm³/mol. The summed E-state index contributed by atoms with van der Waals surface area (Å²) in [7, 11) is 1.63. The number of rotatable bonds is 1. The molecule has 1 aromatic carbocycles. The first-order valence-electron chi connectivity index (χ1n) is 5.35. The zero-order valence-electron chi connectivity index (χ0n) is 9.77. The average molecular weight is 258 g/mol. The maximum Gasteiger partial charge on any atom is 0.320 e. The minimum absolute atomic E-state index is 0.476. The molecule has 2 rings (SSSR count). The van der Waals surface area contributed by atoms with Crippen LogP contribution in [0.5, 0.6) is 0 Å². The first kappa shape index (κ1) is 14.0. The van der Waals surface area contributed by atoms with Gasteiger partial charge >= 0.3 is 5.37 Å². The van der Waals surface area contributed by atoms with E-state index in [2.05, 4.69) is 0 Å². The largest absolute Gasteiger partial charge is 0.377 e. The van der Waals surface area contributed by atoms with Crippen molar-refractivity contribution in [1.82, 2.24) is 0 Å². The fraction of sp³-hybridized carbons (Fsp3) is 0.417. The van der Waals surface area contributed by atoms with Crippen molar-refractivity contribution in [2.75, 3.05) is 38.4 Å². The molecule has 0 aliphatic carbocycles. The molecule has 0 aromatic heterocycles. The third-order valence-corrected chi connectivity index (χ3v) is 2.40. The van der Waals surface area contributed by atoms with E-state index in [0.29, 0.717) is 0 Å². The van der Waals surface area contributed by atoms with Crippen molar-refractivity contribution >= 4 is 22.7 Å². The minimum Gasteiger partial charge on any atom is -0.377 e. The Morgan fingerprint density at radius 1 is 1.12 bits per heavy atom. The number of para-hydroxylation sites is 1. The van der Waals surface area contributed by atoms with Crippen molar-refractivity contribution in [2.45, 2.75) is 0 Å². The Bertz CT molecular complexity index is 316. The van der Waals surface area contributed by atoms with Crippen LogP contribution >= 0.6 is 11.6 Å². The smallest absolute Gasteiger partial charge is 0.320 e. The van der Waals surface area contributed by atoms with Crippen LogP contribution in [0.1, 0.15) is 0 Å². The van der Waals surface area contributed by atoms with E-state index in [1.807, 2.05) is 30.3 Å². The standard InChI is InChI=1S/C8H8ClNO.C4H8O2/c1-10(8(9)11)7-5-3-2-4-6-7;1-2-6-4-3-5-1/h2-6H,1H3;1-4H2. The Labute approximate surface area is 106 Å². The molecule has 0 unspecified atom stereocenters. The van der Waals surface area contributed by atoms with Gasteiger partial charge < -0.3 is 14.4 Å². The van der Waals surface area contributed by atoms with E-state index in [4.69, 9.17) is 21.1 Å². The molecule has 4 nitrogen and oxygen atoms in total. The molecule has 94 valence electrons. The van der Waals surface area contributed by atoms with Crippen LogP contribution in [0.2, 0.25) is 0 Å². The van der Waals surface area contributed by atoms with Crippen molar-refractivity contribution in [3.8, 4) is 0 Å². The summed E-state index contributed by atoms with van der Waals surface area (Å²) < 4.78 is 9.89. The third kappa shape index (κ3) is 5.68. The van der Waals surface area contributed by atoms with Crippen molar-refractivity contribution in [2.24, 2.45) is 0 Å². The summed E-state index contributed by atoms with van der Waals surface area (Å²) in [5.41, 5.74) is 0.799.